The van der Waals surface area contributed by atoms with Gasteiger partial charge in [0.25, 0.3) is 0 Å². The Hall–Kier alpha value is -1.95. The van der Waals surface area contributed by atoms with Gasteiger partial charge in [0, 0.05) is 31.2 Å². The minimum absolute atomic E-state index is 0.298. The van der Waals surface area contributed by atoms with Gasteiger partial charge in [-0.2, -0.15) is 0 Å². The summed E-state index contributed by atoms with van der Waals surface area (Å²) < 4.78 is 12.0. The maximum absolute atomic E-state index is 6.36. The van der Waals surface area contributed by atoms with Gasteiger partial charge < -0.3 is 25.0 Å². The van der Waals surface area contributed by atoms with Crippen LogP contribution in [-0.2, 0) is 6.54 Å². The quantitative estimate of drug-likeness (QED) is 0.478. The summed E-state index contributed by atoms with van der Waals surface area (Å²) in [5.41, 5.74) is 1.08. The van der Waals surface area contributed by atoms with Crippen molar-refractivity contribution >= 4 is 5.96 Å². The normalized spacial score (nSPS) is 23.0. The Morgan fingerprint density at radius 1 is 1.13 bits per heavy atom. The van der Waals surface area contributed by atoms with Gasteiger partial charge in [-0.15, -0.1) is 0 Å². The van der Waals surface area contributed by atoms with E-state index in [2.05, 4.69) is 28.5 Å². The maximum Gasteiger partial charge on any atom is 0.191 e. The average molecular weight is 415 g/mol. The zero-order valence-corrected chi connectivity index (χ0v) is 18.7. The monoisotopic (exact) mass is 414 g/mol. The number of nitrogens with zero attached hydrogens (tertiary/aromatic N) is 2. The number of guanidine groups is 1. The lowest BCUT2D eigenvalue weighted by atomic mass is 10.1. The molecule has 3 aliphatic rings. The Balaban J connectivity index is 1.37. The summed E-state index contributed by atoms with van der Waals surface area (Å²) >= 11 is 0. The van der Waals surface area contributed by atoms with Gasteiger partial charge in [-0.25, -0.2) is 4.99 Å². The van der Waals surface area contributed by atoms with E-state index in [0.717, 1.165) is 55.0 Å². The molecule has 1 aliphatic heterocycles. The fourth-order valence-electron chi connectivity index (χ4n) is 4.70. The second kappa shape index (κ2) is 10.4. The first-order valence-electron chi connectivity index (χ1n) is 11.9. The van der Waals surface area contributed by atoms with Crippen LogP contribution in [-0.4, -0.2) is 56.3 Å². The van der Waals surface area contributed by atoms with E-state index >= 15 is 0 Å². The number of nitrogens with one attached hydrogen (secondary N) is 2. The maximum atomic E-state index is 6.36. The van der Waals surface area contributed by atoms with E-state index in [4.69, 9.17) is 14.5 Å². The standard InChI is InChI=1S/C24H38N4O2/c1-3-25-24(26-15-18-13-14-28(17-18)20-11-12-20)27-16-19-7-6-10-22(29-2)23(19)30-21-8-4-5-9-21/h6-7,10,18,20-21H,3-5,8-9,11-17H2,1-2H3,(H2,25,26,27). The van der Waals surface area contributed by atoms with Crippen molar-refractivity contribution in [2.24, 2.45) is 10.9 Å². The molecule has 30 heavy (non-hydrogen) atoms. The first-order valence-corrected chi connectivity index (χ1v) is 11.9. The molecule has 2 N–H and O–H groups in total. The largest absolute Gasteiger partial charge is 0.493 e. The summed E-state index contributed by atoms with van der Waals surface area (Å²) in [7, 11) is 1.71. The molecular weight excluding hydrogens is 376 g/mol. The van der Waals surface area contributed by atoms with Gasteiger partial charge >= 0.3 is 0 Å². The molecule has 0 spiro atoms. The van der Waals surface area contributed by atoms with E-state index in [1.807, 2.05) is 12.1 Å². The minimum atomic E-state index is 0.298. The van der Waals surface area contributed by atoms with Crippen LogP contribution in [0.25, 0.3) is 0 Å². The van der Waals surface area contributed by atoms with Gasteiger partial charge in [-0.1, -0.05) is 12.1 Å². The number of benzene rings is 1. The Morgan fingerprint density at radius 2 is 1.97 bits per heavy atom. The van der Waals surface area contributed by atoms with Crippen LogP contribution in [0.5, 0.6) is 11.5 Å². The lowest BCUT2D eigenvalue weighted by Gasteiger charge is -2.19. The Kier molecular flexibility index (Phi) is 7.37. The second-order valence-corrected chi connectivity index (χ2v) is 8.93. The molecule has 1 heterocycles. The summed E-state index contributed by atoms with van der Waals surface area (Å²) in [5, 5.41) is 6.97. The van der Waals surface area contributed by atoms with Gasteiger partial charge in [0.05, 0.1) is 19.8 Å². The number of hydrogen-bond donors (Lipinski definition) is 2. The van der Waals surface area contributed by atoms with Gasteiger partial charge in [0.15, 0.2) is 17.5 Å². The fraction of sp³-hybridized carbons (Fsp3) is 0.708. The third-order valence-corrected chi connectivity index (χ3v) is 6.56. The van der Waals surface area contributed by atoms with Crippen molar-refractivity contribution in [3.8, 4) is 11.5 Å². The van der Waals surface area contributed by atoms with Crippen LogP contribution in [0.15, 0.2) is 23.2 Å². The van der Waals surface area contributed by atoms with E-state index in [-0.39, 0.29) is 0 Å². The van der Waals surface area contributed by atoms with Crippen LogP contribution >= 0.6 is 0 Å². The first kappa shape index (κ1) is 21.3. The molecule has 0 bridgehead atoms. The third kappa shape index (κ3) is 5.60. The molecular formula is C24H38N4O2. The van der Waals surface area contributed by atoms with Crippen molar-refractivity contribution in [2.45, 2.75) is 70.6 Å². The number of rotatable bonds is 9. The summed E-state index contributed by atoms with van der Waals surface area (Å²) in [6.07, 6.45) is 9.15. The number of methoxy groups -OCH3 is 1. The zero-order valence-electron chi connectivity index (χ0n) is 18.7. The van der Waals surface area contributed by atoms with Crippen LogP contribution in [0.2, 0.25) is 0 Å². The minimum Gasteiger partial charge on any atom is -0.493 e. The second-order valence-electron chi connectivity index (χ2n) is 8.93. The SMILES string of the molecule is CCNC(=NCc1cccc(OC)c1OC1CCCC1)NCC1CCN(C2CC2)C1. The first-order chi connectivity index (χ1) is 14.8. The van der Waals surface area contributed by atoms with Crippen molar-refractivity contribution in [2.75, 3.05) is 33.3 Å². The molecule has 2 saturated carbocycles. The van der Waals surface area contributed by atoms with Crippen molar-refractivity contribution in [1.82, 2.24) is 15.5 Å². The molecule has 0 aromatic heterocycles. The van der Waals surface area contributed by atoms with E-state index in [9.17, 15) is 0 Å². The van der Waals surface area contributed by atoms with Crippen molar-refractivity contribution < 1.29 is 9.47 Å². The summed E-state index contributed by atoms with van der Waals surface area (Å²) in [6, 6.07) is 6.98. The number of aliphatic imine (C=N–C) groups is 1. The lowest BCUT2D eigenvalue weighted by Crippen LogP contribution is -2.40. The van der Waals surface area contributed by atoms with Crippen molar-refractivity contribution in [3.05, 3.63) is 23.8 Å². The number of likely N-dealkylation sites (tertiary alicyclic amines) is 1. The van der Waals surface area contributed by atoms with Gasteiger partial charge in [0.1, 0.15) is 0 Å². The van der Waals surface area contributed by atoms with Crippen molar-refractivity contribution in [3.63, 3.8) is 0 Å². The molecule has 6 nitrogen and oxygen atoms in total. The predicted octanol–water partition coefficient (Wildman–Crippen LogP) is 3.56. The predicted molar refractivity (Wildman–Crippen MR) is 121 cm³/mol. The van der Waals surface area contributed by atoms with Crippen molar-refractivity contribution in [1.29, 1.82) is 0 Å². The van der Waals surface area contributed by atoms with Crippen LogP contribution < -0.4 is 20.1 Å². The fourth-order valence-corrected chi connectivity index (χ4v) is 4.70. The highest BCUT2D eigenvalue weighted by molar-refractivity contribution is 5.79. The highest BCUT2D eigenvalue weighted by Crippen LogP contribution is 2.35. The molecule has 6 heteroatoms. The topological polar surface area (TPSA) is 58.1 Å². The number of ether oxygens (including phenoxy) is 2. The van der Waals surface area contributed by atoms with Crippen LogP contribution in [0.3, 0.4) is 0 Å². The Bertz CT molecular complexity index is 713. The third-order valence-electron chi connectivity index (χ3n) is 6.56. The molecule has 1 atom stereocenters. The molecule has 166 valence electrons. The molecule has 1 saturated heterocycles. The molecule has 1 aromatic rings. The molecule has 3 fully saturated rings. The van der Waals surface area contributed by atoms with Crippen LogP contribution in [0, 0.1) is 5.92 Å². The van der Waals surface area contributed by atoms with E-state index in [1.165, 1.54) is 45.2 Å². The number of hydrogen-bond acceptors (Lipinski definition) is 4. The zero-order chi connectivity index (χ0) is 20.8. The Labute approximate surface area is 181 Å². The molecule has 2 aliphatic carbocycles. The smallest absolute Gasteiger partial charge is 0.191 e. The van der Waals surface area contributed by atoms with Gasteiger partial charge in [0.2, 0.25) is 0 Å². The molecule has 1 unspecified atom stereocenters. The summed E-state index contributed by atoms with van der Waals surface area (Å²) in [4.78, 5) is 7.53. The molecule has 0 radical (unpaired) electrons. The molecule has 0 amide bonds. The molecule has 4 rings (SSSR count). The van der Waals surface area contributed by atoms with E-state index < -0.39 is 0 Å². The van der Waals surface area contributed by atoms with Crippen LogP contribution in [0.4, 0.5) is 0 Å². The summed E-state index contributed by atoms with van der Waals surface area (Å²) in [5.74, 6) is 3.27. The van der Waals surface area contributed by atoms with E-state index in [0.29, 0.717) is 18.6 Å². The van der Waals surface area contributed by atoms with E-state index in [1.54, 1.807) is 7.11 Å². The average Bonchev–Trinajstić information content (AvgIpc) is 3.28. The lowest BCUT2D eigenvalue weighted by molar-refractivity contribution is 0.198. The Morgan fingerprint density at radius 3 is 2.70 bits per heavy atom. The van der Waals surface area contributed by atoms with Gasteiger partial charge in [-0.3, -0.25) is 0 Å². The molecule has 1 aromatic carbocycles. The number of para-hydroxylation sites is 1. The highest BCUT2D eigenvalue weighted by Gasteiger charge is 2.34. The summed E-state index contributed by atoms with van der Waals surface area (Å²) in [6.45, 7) is 7.02. The van der Waals surface area contributed by atoms with Gasteiger partial charge in [-0.05, 0) is 70.4 Å². The highest BCUT2D eigenvalue weighted by atomic mass is 16.5. The van der Waals surface area contributed by atoms with Crippen LogP contribution in [0.1, 0.15) is 57.4 Å².